The van der Waals surface area contributed by atoms with Crippen molar-refractivity contribution >= 4 is 58.8 Å². The van der Waals surface area contributed by atoms with Gasteiger partial charge >= 0.3 is 11.8 Å². The molecule has 7 amide bonds. The summed E-state index contributed by atoms with van der Waals surface area (Å²) in [6.07, 6.45) is -5.98. The summed E-state index contributed by atoms with van der Waals surface area (Å²) in [6, 6.07) is 5.87. The molecule has 30 nitrogen and oxygen atoms in total. The number of ether oxygens (including phenoxy) is 10. The van der Waals surface area contributed by atoms with Crippen LogP contribution in [0.15, 0.2) is 78.9 Å². The molecule has 0 spiro atoms. The number of nitro groups is 1. The average Bonchev–Trinajstić information content (AvgIpc) is 0.764. The Morgan fingerprint density at radius 2 is 1.34 bits per heavy atom. The van der Waals surface area contributed by atoms with Gasteiger partial charge in [-0.25, -0.2) is 4.79 Å². The summed E-state index contributed by atoms with van der Waals surface area (Å²) in [4.78, 5) is 118. The lowest BCUT2D eigenvalue weighted by Crippen LogP contribution is -2.59. The molecule has 0 aliphatic carbocycles. The van der Waals surface area contributed by atoms with Gasteiger partial charge in [-0.3, -0.25) is 43.8 Å². The van der Waals surface area contributed by atoms with Crippen molar-refractivity contribution in [2.45, 2.75) is 108 Å². The van der Waals surface area contributed by atoms with E-state index >= 15 is 19.2 Å². The lowest BCUT2D eigenvalue weighted by Gasteiger charge is -2.33. The van der Waals surface area contributed by atoms with Gasteiger partial charge in [0.25, 0.3) is 0 Å². The number of aliphatic hydroxyl groups is 2. The quantitative estimate of drug-likeness (QED) is 0.0212. The highest BCUT2D eigenvalue weighted by Gasteiger charge is 2.42. The van der Waals surface area contributed by atoms with E-state index in [9.17, 15) is 40.0 Å². The van der Waals surface area contributed by atoms with Gasteiger partial charge in [0.15, 0.2) is 11.5 Å². The minimum absolute atomic E-state index is 0.0240. The highest BCUT2D eigenvalue weighted by atomic mass is 35.5. The van der Waals surface area contributed by atoms with Crippen LogP contribution >= 0.6 is 11.6 Å². The number of carbonyl (C=O) groups is 7. The van der Waals surface area contributed by atoms with Crippen LogP contribution in [-0.2, 0) is 47.7 Å². The minimum Gasteiger partial charge on any atom is -0.497 e. The van der Waals surface area contributed by atoms with Crippen LogP contribution in [0.5, 0.6) is 46.0 Å². The molecule has 31 heteroatoms. The summed E-state index contributed by atoms with van der Waals surface area (Å²) in [5.41, 5.74) is -1.83. The van der Waals surface area contributed by atoms with E-state index < -0.39 is 130 Å². The Labute approximate surface area is 562 Å². The van der Waals surface area contributed by atoms with Gasteiger partial charge in [-0.1, -0.05) is 43.6 Å². The first-order chi connectivity index (χ1) is 46.1. The van der Waals surface area contributed by atoms with Crippen LogP contribution in [-0.4, -0.2) is 161 Å². The van der Waals surface area contributed by atoms with Gasteiger partial charge in [-0.05, 0) is 109 Å². The molecule has 5 aliphatic heterocycles. The zero-order valence-electron chi connectivity index (χ0n) is 54.9. The van der Waals surface area contributed by atoms with Gasteiger partial charge in [0, 0.05) is 37.4 Å². The van der Waals surface area contributed by atoms with Gasteiger partial charge in [0.05, 0.1) is 76.7 Å². The predicted molar refractivity (Wildman–Crippen MR) is 344 cm³/mol. The number of hydrogen-bond acceptors (Lipinski definition) is 22. The second-order valence-corrected chi connectivity index (χ2v) is 24.4. The number of benzene rings is 5. The number of carbonyl (C=O) groups excluding carboxylic acids is 7. The van der Waals surface area contributed by atoms with E-state index in [2.05, 4.69) is 31.9 Å². The molecule has 0 fully saturated rings. The fraction of sp³-hybridized carbons (Fsp3) is 0.424. The predicted octanol–water partition coefficient (Wildman–Crippen LogP) is 6.10. The summed E-state index contributed by atoms with van der Waals surface area (Å²) in [5, 5.41) is 63.7. The number of fused-ring (bicyclic) bond motifs is 15. The van der Waals surface area contributed by atoms with Crippen LogP contribution in [0.25, 0.3) is 11.1 Å². The summed E-state index contributed by atoms with van der Waals surface area (Å²) >= 11 is 7.00. The molecule has 0 aromatic heterocycles. The van der Waals surface area contributed by atoms with Gasteiger partial charge in [-0.15, -0.1) is 0 Å². The number of nitrogens with zero attached hydrogens (tertiary/aromatic N) is 3. The number of rotatable bonds is 18. The average molecular weight is 1370 g/mol. The molecule has 5 aromatic rings. The molecule has 5 heterocycles. The maximum absolute atomic E-state index is 15.9. The zero-order chi connectivity index (χ0) is 70.7. The van der Waals surface area contributed by atoms with Gasteiger partial charge in [0.1, 0.15) is 83.9 Å². The second kappa shape index (κ2) is 31.7. The molecule has 9 atom stereocenters. The van der Waals surface area contributed by atoms with Crippen molar-refractivity contribution in [2.24, 2.45) is 5.92 Å². The third kappa shape index (κ3) is 17.0. The van der Waals surface area contributed by atoms with Crippen molar-refractivity contribution in [1.82, 2.24) is 36.8 Å². The maximum Gasteiger partial charge on any atom is 0.410 e. The maximum atomic E-state index is 15.9. The van der Waals surface area contributed by atoms with Crippen molar-refractivity contribution in [3.8, 4) is 63.2 Å². The van der Waals surface area contributed by atoms with Crippen molar-refractivity contribution < 1.29 is 96.1 Å². The molecule has 5 aromatic carbocycles. The number of nitrogens with one attached hydrogen (secondary N) is 6. The van der Waals surface area contributed by atoms with Crippen LogP contribution in [0.2, 0.25) is 5.02 Å². The molecule has 10 rings (SSSR count). The molecule has 0 unspecified atom stereocenters. The molecular weight excluding hydrogens is 1290 g/mol. The van der Waals surface area contributed by atoms with E-state index in [0.29, 0.717) is 0 Å². The number of aliphatic hydroxyl groups excluding tert-OH is 2. The van der Waals surface area contributed by atoms with Crippen LogP contribution in [0.3, 0.4) is 0 Å². The molecule has 0 radical (unpaired) electrons. The SMILES string of the molecule is COCCOCOC[C@H]1NC(=O)[C@H]2NC(=O)[C@H](NC(=O)[C@@H]3NC(=O)[C@H](CC#N)NC(=O)[C@H](NC(=O)[C@@H](CC(C)C)N(C)C(=O)OC(C)(C)C)[C@H](O)c4ccc(c([N+](=O)[O-])c4)Oc4cc3cc(c4OC)Oc3ccc(cc3Cl)[C@H]2O)c2ccc(OC)c(c2)-c2c(OC)cc(OC)cc21. The summed E-state index contributed by atoms with van der Waals surface area (Å²) in [6.45, 7) is 8.13. The van der Waals surface area contributed by atoms with E-state index in [4.69, 9.17) is 59.0 Å². The van der Waals surface area contributed by atoms with E-state index in [1.165, 1.54) is 85.1 Å². The normalized spacial score (nSPS) is 20.5. The highest BCUT2D eigenvalue weighted by Crippen LogP contribution is 2.49. The van der Waals surface area contributed by atoms with Gasteiger partial charge in [0.2, 0.25) is 46.9 Å². The first-order valence-corrected chi connectivity index (χ1v) is 30.8. The third-order valence-electron chi connectivity index (χ3n) is 15.8. The Hall–Kier alpha value is -10.0. The van der Waals surface area contributed by atoms with Crippen LogP contribution in [0, 0.1) is 27.4 Å². The lowest BCUT2D eigenvalue weighted by molar-refractivity contribution is -0.385. The van der Waals surface area contributed by atoms with E-state index in [1.54, 1.807) is 46.8 Å². The molecule has 5 aliphatic rings. The van der Waals surface area contributed by atoms with Gasteiger partial charge in [-0.2, -0.15) is 5.26 Å². The Bertz CT molecular complexity index is 3860. The number of nitro benzene ring substituents is 1. The smallest absolute Gasteiger partial charge is 0.410 e. The third-order valence-corrected chi connectivity index (χ3v) is 16.1. The fourth-order valence-corrected chi connectivity index (χ4v) is 11.2. The van der Waals surface area contributed by atoms with E-state index in [1.807, 2.05) is 6.07 Å². The summed E-state index contributed by atoms with van der Waals surface area (Å²) in [7, 11) is 8.11. The number of halogens is 1. The van der Waals surface area contributed by atoms with E-state index in [0.717, 1.165) is 29.2 Å². The first-order valence-electron chi connectivity index (χ1n) is 30.4. The number of nitriles is 1. The topological polar surface area (TPSA) is 395 Å². The molecule has 11 bridgehead atoms. The van der Waals surface area contributed by atoms with Crippen LogP contribution in [0.4, 0.5) is 10.5 Å². The molecule has 97 heavy (non-hydrogen) atoms. The Morgan fingerprint density at radius 1 is 0.711 bits per heavy atom. The molecule has 8 N–H and O–H groups in total. The number of methoxy groups -OCH3 is 5. The molecular formula is C66H76ClN9O21. The van der Waals surface area contributed by atoms with Crippen LogP contribution in [0.1, 0.15) is 106 Å². The monoisotopic (exact) mass is 1370 g/mol. The highest BCUT2D eigenvalue weighted by molar-refractivity contribution is 6.32. The Balaban J connectivity index is 1.36. The largest absolute Gasteiger partial charge is 0.497 e. The Morgan fingerprint density at radius 3 is 1.96 bits per heavy atom. The van der Waals surface area contributed by atoms with Crippen LogP contribution < -0.4 is 60.3 Å². The molecule has 518 valence electrons. The Kier molecular flexibility index (Phi) is 23.8. The van der Waals surface area contributed by atoms with Crippen molar-refractivity contribution in [3.63, 3.8) is 0 Å². The standard InChI is InChI=1S/C66H76ClN9O21/c1-32(2)22-44(75(6)65(85)97-66(3,4)5)60(80)73-54-57(78)35-14-17-47(43(25-35)76(86)87)96-50-27-36-26-49(58(50)92-11)95-46-16-13-34(24-40(46)67)56(77)55-64(84)70-42(30-94-31-93-21-20-88-7)38-28-37(89-8)29-48(91-10)51(38)39-23-33(12-15-45(39)90-9)52(61(81)74-55)72-62(82)53(36)71-59(79)41(18-19-68)69-63(54)83/h12-17,23-29,32,41-42,44,52-57,77-78H,18,20-22,30-31H2,1-11H3,(H,69,83)(H,70,84)(H,71,79)(H,72,82)(H,73,80)(H,74,81)/t41-,42+,44+,52+,53+,54+,55-,56+,57+/m0/s1. The number of likely N-dealkylation sites (N-methyl/N-ethyl adjacent to an activating group) is 1. The van der Waals surface area contributed by atoms with E-state index in [-0.39, 0.29) is 117 Å². The van der Waals surface area contributed by atoms with Crippen molar-refractivity contribution in [3.05, 3.63) is 122 Å². The number of hydrogen-bond donors (Lipinski definition) is 8. The lowest BCUT2D eigenvalue weighted by atomic mass is 9.89. The van der Waals surface area contributed by atoms with Gasteiger partial charge < -0.3 is 89.5 Å². The molecule has 0 saturated heterocycles. The summed E-state index contributed by atoms with van der Waals surface area (Å²) < 4.78 is 58.5. The fourth-order valence-electron chi connectivity index (χ4n) is 11.0. The first kappa shape index (κ1) is 72.8. The van der Waals surface area contributed by atoms with Crippen molar-refractivity contribution in [1.29, 1.82) is 5.26 Å². The molecule has 0 saturated carbocycles. The minimum atomic E-state index is -2.20. The van der Waals surface area contributed by atoms with Crippen molar-refractivity contribution in [2.75, 3.05) is 69.2 Å². The number of amides is 7. The zero-order valence-corrected chi connectivity index (χ0v) is 55.6. The second-order valence-electron chi connectivity index (χ2n) is 24.0. The summed E-state index contributed by atoms with van der Waals surface area (Å²) in [5.74, 6) is -8.58.